The number of carbonyl (C=O) groups is 1. The third-order valence-corrected chi connectivity index (χ3v) is 4.59. The maximum atomic E-state index is 13.6. The highest BCUT2D eigenvalue weighted by molar-refractivity contribution is 8.01. The molecular weight excluding hydrogens is 312 g/mol. The Labute approximate surface area is 129 Å². The van der Waals surface area contributed by atoms with Crippen LogP contribution in [0.4, 0.5) is 4.39 Å². The molecule has 1 aromatic heterocycles. The molecule has 1 aliphatic heterocycles. The normalized spacial score (nSPS) is 17.0. The molecule has 0 saturated heterocycles. The minimum absolute atomic E-state index is 0.116. The lowest BCUT2D eigenvalue weighted by Crippen LogP contribution is -2.41. The number of benzene rings is 1. The van der Waals surface area contributed by atoms with Gasteiger partial charge in [0, 0.05) is 7.05 Å². The van der Waals surface area contributed by atoms with Crippen molar-refractivity contribution in [3.05, 3.63) is 35.4 Å². The van der Waals surface area contributed by atoms with Gasteiger partial charge >= 0.3 is 13.1 Å². The van der Waals surface area contributed by atoms with Gasteiger partial charge in [-0.1, -0.05) is 17.8 Å². The minimum Gasteiger partial charge on any atom is -0.535 e. The van der Waals surface area contributed by atoms with Crippen LogP contribution < -0.4 is 4.65 Å². The summed E-state index contributed by atoms with van der Waals surface area (Å²) in [6.07, 6.45) is 1.86. The summed E-state index contributed by atoms with van der Waals surface area (Å²) in [5.41, 5.74) is -0.0255. The van der Waals surface area contributed by atoms with E-state index in [4.69, 9.17) is 9.76 Å². The van der Waals surface area contributed by atoms with Gasteiger partial charge in [-0.2, -0.15) is 0 Å². The van der Waals surface area contributed by atoms with Crippen LogP contribution in [0.15, 0.2) is 23.6 Å². The largest absolute Gasteiger partial charge is 0.537 e. The highest BCUT2D eigenvalue weighted by Gasteiger charge is 2.39. The monoisotopic (exact) mass is 323 g/mol. The van der Waals surface area contributed by atoms with Gasteiger partial charge in [0.1, 0.15) is 23.5 Å². The molecule has 0 radical (unpaired) electrons. The van der Waals surface area contributed by atoms with Crippen molar-refractivity contribution in [2.75, 3.05) is 0 Å². The van der Waals surface area contributed by atoms with Gasteiger partial charge in [0.15, 0.2) is 5.16 Å². The zero-order chi connectivity index (χ0) is 15.9. The average molecular weight is 323 g/mol. The Morgan fingerprint density at radius 1 is 1.59 bits per heavy atom. The quantitative estimate of drug-likeness (QED) is 0.805. The molecule has 2 aromatic rings. The molecule has 10 heteroatoms. The Bertz CT molecular complexity index is 741. The summed E-state index contributed by atoms with van der Waals surface area (Å²) in [7, 11) is 0.499. The van der Waals surface area contributed by atoms with Crippen LogP contribution in [0.25, 0.3) is 0 Å². The van der Waals surface area contributed by atoms with Gasteiger partial charge in [0.2, 0.25) is 0 Å². The lowest BCUT2D eigenvalue weighted by Gasteiger charge is -2.27. The zero-order valence-electron chi connectivity index (χ0n) is 11.4. The van der Waals surface area contributed by atoms with Crippen LogP contribution in [0.1, 0.15) is 15.9 Å². The van der Waals surface area contributed by atoms with E-state index in [1.165, 1.54) is 24.2 Å². The molecule has 22 heavy (non-hydrogen) atoms. The number of aromatic carboxylic acids is 1. The van der Waals surface area contributed by atoms with Gasteiger partial charge in [-0.25, -0.2) is 9.18 Å². The number of carboxylic acids is 1. The molecule has 0 aliphatic carbocycles. The maximum Gasteiger partial charge on any atom is 0.537 e. The number of thioether (sulfide) groups is 1. The molecule has 1 aromatic carbocycles. The number of carboxylic acid groups (broad SMARTS) is 1. The second kappa shape index (κ2) is 5.62. The van der Waals surface area contributed by atoms with Gasteiger partial charge in [0.25, 0.3) is 0 Å². The summed E-state index contributed by atoms with van der Waals surface area (Å²) < 4.78 is 20.6. The van der Waals surface area contributed by atoms with Crippen molar-refractivity contribution in [2.24, 2.45) is 7.05 Å². The van der Waals surface area contributed by atoms with Crippen LogP contribution in [0.2, 0.25) is 0 Å². The standard InChI is InChI=1S/C12H11BFN3O4S/c1-17-5-15-16-12(17)22-8-4-6-2-3-7(14)9(11(18)19)10(6)21-13(8)20/h2-3,5,8,20H,4H2,1H3,(H,18,19). The van der Waals surface area contributed by atoms with Crippen molar-refractivity contribution >= 4 is 24.8 Å². The van der Waals surface area contributed by atoms with Crippen LogP contribution in [0.3, 0.4) is 0 Å². The third kappa shape index (κ3) is 2.55. The van der Waals surface area contributed by atoms with Gasteiger partial charge in [-0.15, -0.1) is 10.2 Å². The van der Waals surface area contributed by atoms with Crippen molar-refractivity contribution in [1.29, 1.82) is 0 Å². The first-order chi connectivity index (χ1) is 10.5. The molecule has 0 fully saturated rings. The molecule has 1 unspecified atom stereocenters. The van der Waals surface area contributed by atoms with Crippen molar-refractivity contribution < 1.29 is 24.0 Å². The number of halogens is 1. The van der Waals surface area contributed by atoms with E-state index >= 15 is 0 Å². The number of hydrogen-bond donors (Lipinski definition) is 2. The molecule has 2 N–H and O–H groups in total. The van der Waals surface area contributed by atoms with Gasteiger partial charge in [-0.05, 0) is 18.1 Å². The Hall–Kier alpha value is -2.07. The van der Waals surface area contributed by atoms with E-state index < -0.39 is 29.6 Å². The van der Waals surface area contributed by atoms with Gasteiger partial charge in [0.05, 0.1) is 5.15 Å². The summed E-state index contributed by atoms with van der Waals surface area (Å²) in [6, 6.07) is 2.56. The summed E-state index contributed by atoms with van der Waals surface area (Å²) in [5.74, 6) is -2.44. The predicted octanol–water partition coefficient (Wildman–Crippen LogP) is 0.768. The molecule has 3 rings (SSSR count). The van der Waals surface area contributed by atoms with Crippen molar-refractivity contribution in [3.63, 3.8) is 0 Å². The maximum absolute atomic E-state index is 13.6. The summed E-state index contributed by atoms with van der Waals surface area (Å²) in [4.78, 5) is 11.2. The van der Waals surface area contributed by atoms with E-state index in [9.17, 15) is 14.2 Å². The fraction of sp³-hybridized carbons (Fsp3) is 0.250. The minimum atomic E-state index is -1.43. The Morgan fingerprint density at radius 3 is 3.00 bits per heavy atom. The Balaban J connectivity index is 1.91. The molecule has 114 valence electrons. The highest BCUT2D eigenvalue weighted by atomic mass is 32.2. The summed E-state index contributed by atoms with van der Waals surface area (Å²) in [6.45, 7) is 0. The van der Waals surface area contributed by atoms with Crippen LogP contribution in [0, 0.1) is 5.82 Å². The van der Waals surface area contributed by atoms with Crippen LogP contribution in [0.5, 0.6) is 5.75 Å². The number of rotatable bonds is 3. The summed E-state index contributed by atoms with van der Waals surface area (Å²) >= 11 is 1.26. The Kier molecular flexibility index (Phi) is 3.79. The number of fused-ring (bicyclic) bond motifs is 1. The van der Waals surface area contributed by atoms with Crippen LogP contribution in [-0.4, -0.2) is 43.1 Å². The Morgan fingerprint density at radius 2 is 2.36 bits per heavy atom. The van der Waals surface area contributed by atoms with Crippen LogP contribution in [-0.2, 0) is 13.5 Å². The first-order valence-electron chi connectivity index (χ1n) is 6.37. The molecule has 1 aliphatic rings. The van der Waals surface area contributed by atoms with Crippen molar-refractivity contribution in [1.82, 2.24) is 14.8 Å². The van der Waals surface area contributed by atoms with E-state index in [2.05, 4.69) is 10.2 Å². The molecule has 0 bridgehead atoms. The van der Waals surface area contributed by atoms with E-state index in [0.29, 0.717) is 17.1 Å². The lowest BCUT2D eigenvalue weighted by atomic mass is 9.77. The van der Waals surface area contributed by atoms with Gasteiger partial charge in [-0.3, -0.25) is 0 Å². The molecule has 7 nitrogen and oxygen atoms in total. The fourth-order valence-electron chi connectivity index (χ4n) is 2.23. The summed E-state index contributed by atoms with van der Waals surface area (Å²) in [5, 5.41) is 27.0. The molecule has 2 heterocycles. The predicted molar refractivity (Wildman–Crippen MR) is 76.3 cm³/mol. The number of nitrogens with zero attached hydrogens (tertiary/aromatic N) is 3. The molecule has 0 spiro atoms. The highest BCUT2D eigenvalue weighted by Crippen LogP contribution is 2.36. The average Bonchev–Trinajstić information content (AvgIpc) is 2.85. The smallest absolute Gasteiger partial charge is 0.535 e. The first kappa shape index (κ1) is 14.9. The first-order valence-corrected chi connectivity index (χ1v) is 7.25. The second-order valence-electron chi connectivity index (χ2n) is 4.81. The fourth-order valence-corrected chi connectivity index (χ4v) is 3.24. The number of hydrogen-bond acceptors (Lipinski definition) is 6. The van der Waals surface area contributed by atoms with Gasteiger partial charge < -0.3 is 19.4 Å². The number of aryl methyl sites for hydroxylation is 1. The second-order valence-corrected chi connectivity index (χ2v) is 6.02. The molecule has 0 amide bonds. The third-order valence-electron chi connectivity index (χ3n) is 3.31. The zero-order valence-corrected chi connectivity index (χ0v) is 12.2. The van der Waals surface area contributed by atoms with Crippen molar-refractivity contribution in [3.8, 4) is 5.75 Å². The topological polar surface area (TPSA) is 97.5 Å². The van der Waals surface area contributed by atoms with E-state index in [1.54, 1.807) is 11.6 Å². The SMILES string of the molecule is Cn1cnnc1SC1Cc2ccc(F)c(C(=O)O)c2OB1O. The molecule has 1 atom stereocenters. The number of aromatic nitrogens is 3. The van der Waals surface area contributed by atoms with Crippen LogP contribution >= 0.6 is 11.8 Å². The lowest BCUT2D eigenvalue weighted by molar-refractivity contribution is 0.0689. The molecular formula is C12H11BFN3O4S. The van der Waals surface area contributed by atoms with Crippen molar-refractivity contribution in [2.45, 2.75) is 16.7 Å². The molecule has 0 saturated carbocycles. The van der Waals surface area contributed by atoms with E-state index in [-0.39, 0.29) is 5.75 Å². The van der Waals surface area contributed by atoms with E-state index in [1.807, 2.05) is 0 Å². The van der Waals surface area contributed by atoms with E-state index in [0.717, 1.165) is 6.07 Å².